The molecule has 0 bridgehead atoms. The molecule has 20 heavy (non-hydrogen) atoms. The van der Waals surface area contributed by atoms with E-state index in [1.165, 1.54) is 6.26 Å². The summed E-state index contributed by atoms with van der Waals surface area (Å²) in [5.41, 5.74) is 5.33. The summed E-state index contributed by atoms with van der Waals surface area (Å²) in [5.74, 6) is 0.516. The summed E-state index contributed by atoms with van der Waals surface area (Å²) < 4.78 is 22.7. The normalized spacial score (nSPS) is 18.2. The van der Waals surface area contributed by atoms with Gasteiger partial charge >= 0.3 is 0 Å². The van der Waals surface area contributed by atoms with Crippen LogP contribution in [0, 0.1) is 11.3 Å². The van der Waals surface area contributed by atoms with Gasteiger partial charge in [0.25, 0.3) is 0 Å². The Labute approximate surface area is 128 Å². The van der Waals surface area contributed by atoms with Crippen LogP contribution in [0.2, 0.25) is 0 Å². The van der Waals surface area contributed by atoms with Crippen LogP contribution < -0.4 is 11.1 Å². The molecule has 0 aromatic rings. The van der Waals surface area contributed by atoms with Crippen LogP contribution in [0.5, 0.6) is 0 Å². The van der Waals surface area contributed by atoms with Crippen LogP contribution in [-0.4, -0.2) is 38.9 Å². The van der Waals surface area contributed by atoms with Gasteiger partial charge in [-0.2, -0.15) is 0 Å². The van der Waals surface area contributed by atoms with E-state index in [1.807, 2.05) is 0 Å². The SMILES string of the molecule is CC(C)CC(CN)NC(=O)CC1(CS(C)(=O)=O)CC1.Cl. The maximum absolute atomic E-state index is 12.0. The minimum Gasteiger partial charge on any atom is -0.352 e. The quantitative estimate of drug-likeness (QED) is 0.699. The first-order valence-electron chi connectivity index (χ1n) is 6.83. The highest BCUT2D eigenvalue weighted by Gasteiger charge is 2.46. The van der Waals surface area contributed by atoms with Crippen molar-refractivity contribution in [2.24, 2.45) is 17.1 Å². The molecule has 1 saturated carbocycles. The third kappa shape index (κ3) is 7.45. The van der Waals surface area contributed by atoms with Crippen LogP contribution in [0.15, 0.2) is 0 Å². The monoisotopic (exact) mass is 326 g/mol. The molecule has 0 heterocycles. The van der Waals surface area contributed by atoms with Crippen molar-refractivity contribution in [1.29, 1.82) is 0 Å². The molecule has 0 saturated heterocycles. The Bertz CT molecular complexity index is 419. The van der Waals surface area contributed by atoms with Crippen molar-refractivity contribution in [3.05, 3.63) is 0 Å². The van der Waals surface area contributed by atoms with Crippen molar-refractivity contribution in [2.75, 3.05) is 18.6 Å². The molecule has 7 heteroatoms. The van der Waals surface area contributed by atoms with E-state index in [1.54, 1.807) is 0 Å². The summed E-state index contributed by atoms with van der Waals surface area (Å²) >= 11 is 0. The highest BCUT2D eigenvalue weighted by molar-refractivity contribution is 7.90. The van der Waals surface area contributed by atoms with Gasteiger partial charge in [0, 0.05) is 25.3 Å². The van der Waals surface area contributed by atoms with Crippen LogP contribution in [0.1, 0.15) is 39.5 Å². The van der Waals surface area contributed by atoms with Gasteiger partial charge in [0.1, 0.15) is 9.84 Å². The van der Waals surface area contributed by atoms with Gasteiger partial charge in [-0.1, -0.05) is 13.8 Å². The Morgan fingerprint density at radius 3 is 2.25 bits per heavy atom. The molecule has 1 fully saturated rings. The number of sulfone groups is 1. The van der Waals surface area contributed by atoms with Gasteiger partial charge in [-0.25, -0.2) is 8.42 Å². The van der Waals surface area contributed by atoms with E-state index in [2.05, 4.69) is 19.2 Å². The summed E-state index contributed by atoms with van der Waals surface area (Å²) in [7, 11) is -3.02. The average Bonchev–Trinajstić information content (AvgIpc) is 2.92. The van der Waals surface area contributed by atoms with E-state index in [-0.39, 0.29) is 35.5 Å². The number of amides is 1. The summed E-state index contributed by atoms with van der Waals surface area (Å²) in [4.78, 5) is 12.0. The molecule has 0 aromatic carbocycles. The van der Waals surface area contributed by atoms with E-state index < -0.39 is 9.84 Å². The first kappa shape index (κ1) is 19.7. The minimum absolute atomic E-state index is 0. The zero-order valence-corrected chi connectivity index (χ0v) is 14.1. The number of nitrogens with one attached hydrogen (secondary N) is 1. The molecule has 0 aromatic heterocycles. The average molecular weight is 327 g/mol. The molecule has 0 spiro atoms. The lowest BCUT2D eigenvalue weighted by Gasteiger charge is -2.20. The zero-order valence-electron chi connectivity index (χ0n) is 12.5. The molecule has 1 atom stereocenters. The molecule has 1 aliphatic carbocycles. The van der Waals surface area contributed by atoms with E-state index in [9.17, 15) is 13.2 Å². The third-order valence-electron chi connectivity index (χ3n) is 3.47. The number of hydrogen-bond acceptors (Lipinski definition) is 4. The largest absolute Gasteiger partial charge is 0.352 e. The maximum atomic E-state index is 12.0. The fraction of sp³-hybridized carbons (Fsp3) is 0.923. The molecule has 3 N–H and O–H groups in total. The van der Waals surface area contributed by atoms with Gasteiger partial charge in [0.05, 0.1) is 5.75 Å². The van der Waals surface area contributed by atoms with Crippen molar-refractivity contribution in [2.45, 2.75) is 45.6 Å². The lowest BCUT2D eigenvalue weighted by atomic mass is 10.0. The Hall–Kier alpha value is -0.330. The molecule has 1 rings (SSSR count). The third-order valence-corrected chi connectivity index (χ3v) is 4.60. The van der Waals surface area contributed by atoms with Crippen molar-refractivity contribution in [3.63, 3.8) is 0 Å². The van der Waals surface area contributed by atoms with Crippen molar-refractivity contribution >= 4 is 28.2 Å². The predicted octanol–water partition coefficient (Wildman–Crippen LogP) is 1.11. The Morgan fingerprint density at radius 2 is 1.90 bits per heavy atom. The Balaban J connectivity index is 0.00000361. The maximum Gasteiger partial charge on any atom is 0.220 e. The van der Waals surface area contributed by atoms with Crippen molar-refractivity contribution < 1.29 is 13.2 Å². The Kier molecular flexibility index (Phi) is 7.49. The summed E-state index contributed by atoms with van der Waals surface area (Å²) in [6.07, 6.45) is 4.03. The fourth-order valence-electron chi connectivity index (χ4n) is 2.51. The lowest BCUT2D eigenvalue weighted by Crippen LogP contribution is -2.42. The molecular weight excluding hydrogens is 300 g/mol. The lowest BCUT2D eigenvalue weighted by molar-refractivity contribution is -0.122. The molecule has 5 nitrogen and oxygen atoms in total. The number of nitrogens with two attached hydrogens (primary N) is 1. The van der Waals surface area contributed by atoms with Gasteiger partial charge in [0.15, 0.2) is 0 Å². The molecule has 0 radical (unpaired) electrons. The summed E-state index contributed by atoms with van der Waals surface area (Å²) in [6.45, 7) is 4.59. The van der Waals surface area contributed by atoms with Gasteiger partial charge in [-0.05, 0) is 30.6 Å². The van der Waals surface area contributed by atoms with E-state index >= 15 is 0 Å². The first-order valence-corrected chi connectivity index (χ1v) is 8.89. The highest BCUT2D eigenvalue weighted by Crippen LogP contribution is 2.49. The topological polar surface area (TPSA) is 89.3 Å². The van der Waals surface area contributed by atoms with Gasteiger partial charge in [-0.3, -0.25) is 4.79 Å². The molecule has 0 aliphatic heterocycles. The van der Waals surface area contributed by atoms with Crippen LogP contribution in [0.3, 0.4) is 0 Å². The first-order chi connectivity index (χ1) is 8.66. The van der Waals surface area contributed by atoms with Crippen molar-refractivity contribution in [3.8, 4) is 0 Å². The van der Waals surface area contributed by atoms with Gasteiger partial charge in [-0.15, -0.1) is 12.4 Å². The van der Waals surface area contributed by atoms with Crippen LogP contribution >= 0.6 is 12.4 Å². The van der Waals surface area contributed by atoms with Crippen LogP contribution in [-0.2, 0) is 14.6 Å². The van der Waals surface area contributed by atoms with Crippen LogP contribution in [0.4, 0.5) is 0 Å². The Morgan fingerprint density at radius 1 is 1.35 bits per heavy atom. The molecular formula is C13H27ClN2O3S. The van der Waals surface area contributed by atoms with E-state index in [0.29, 0.717) is 18.9 Å². The van der Waals surface area contributed by atoms with Crippen molar-refractivity contribution in [1.82, 2.24) is 5.32 Å². The number of carbonyl (C=O) groups excluding carboxylic acids is 1. The van der Waals surface area contributed by atoms with E-state index in [4.69, 9.17) is 5.73 Å². The molecule has 120 valence electrons. The molecule has 1 unspecified atom stereocenters. The van der Waals surface area contributed by atoms with E-state index in [0.717, 1.165) is 19.3 Å². The summed E-state index contributed by atoms with van der Waals surface area (Å²) in [6, 6.07) is -0.0125. The van der Waals surface area contributed by atoms with Crippen LogP contribution in [0.25, 0.3) is 0 Å². The van der Waals surface area contributed by atoms with Gasteiger partial charge < -0.3 is 11.1 Å². The predicted molar refractivity (Wildman–Crippen MR) is 83.7 cm³/mol. The minimum atomic E-state index is -3.02. The molecule has 1 aliphatic rings. The number of carbonyl (C=O) groups is 1. The molecule has 1 amide bonds. The number of halogens is 1. The second-order valence-corrected chi connectivity index (χ2v) is 8.52. The summed E-state index contributed by atoms with van der Waals surface area (Å²) in [5, 5.41) is 2.92. The fourth-order valence-corrected chi connectivity index (χ4v) is 4.01. The standard InChI is InChI=1S/C13H26N2O3S.ClH/c1-10(2)6-11(8-14)15-12(16)7-13(4-5-13)9-19(3,17)18;/h10-11H,4-9,14H2,1-3H3,(H,15,16);1H. The smallest absolute Gasteiger partial charge is 0.220 e. The number of rotatable bonds is 8. The zero-order chi connectivity index (χ0) is 14.7. The van der Waals surface area contributed by atoms with Gasteiger partial charge in [0.2, 0.25) is 5.91 Å². The second kappa shape index (κ2) is 7.61. The second-order valence-electron chi connectivity index (χ2n) is 6.38. The highest BCUT2D eigenvalue weighted by atomic mass is 35.5. The number of hydrogen-bond donors (Lipinski definition) is 2.